The van der Waals surface area contributed by atoms with E-state index >= 15 is 0 Å². The van der Waals surface area contributed by atoms with Crippen LogP contribution in [0, 0.1) is 12.7 Å². The molecule has 0 aliphatic rings. The van der Waals surface area contributed by atoms with Crippen LogP contribution in [-0.4, -0.2) is 6.61 Å². The molecule has 0 radical (unpaired) electrons. The van der Waals surface area contributed by atoms with Crippen molar-refractivity contribution in [1.82, 2.24) is 0 Å². The van der Waals surface area contributed by atoms with Gasteiger partial charge in [-0.15, -0.1) is 0 Å². The zero-order chi connectivity index (χ0) is 15.4. The maximum absolute atomic E-state index is 13.8. The summed E-state index contributed by atoms with van der Waals surface area (Å²) in [6, 6.07) is 8.34. The number of hydrogen-bond acceptors (Lipinski definition) is 3. The van der Waals surface area contributed by atoms with Crippen molar-refractivity contribution in [2.75, 3.05) is 12.3 Å². The van der Waals surface area contributed by atoms with Gasteiger partial charge in [-0.05, 0) is 37.1 Å². The first kappa shape index (κ1) is 15.6. The molecule has 5 heteroatoms. The molecule has 0 atom stereocenters. The molecular formula is C16H17BrFNO2. The molecule has 0 aliphatic heterocycles. The van der Waals surface area contributed by atoms with Gasteiger partial charge in [0.2, 0.25) is 0 Å². The van der Waals surface area contributed by atoms with Gasteiger partial charge in [-0.2, -0.15) is 0 Å². The fourth-order valence-corrected chi connectivity index (χ4v) is 2.28. The zero-order valence-corrected chi connectivity index (χ0v) is 13.5. The predicted octanol–water partition coefficient (Wildman–Crippen LogP) is 5.06. The van der Waals surface area contributed by atoms with Crippen LogP contribution in [0.1, 0.15) is 18.9 Å². The maximum Gasteiger partial charge on any atom is 0.167 e. The first-order chi connectivity index (χ1) is 10.0. The van der Waals surface area contributed by atoms with Crippen LogP contribution >= 0.6 is 15.9 Å². The second-order valence-electron chi connectivity index (χ2n) is 4.68. The van der Waals surface area contributed by atoms with Gasteiger partial charge in [0.05, 0.1) is 12.3 Å². The van der Waals surface area contributed by atoms with Crippen LogP contribution in [-0.2, 0) is 0 Å². The number of benzene rings is 2. The summed E-state index contributed by atoms with van der Waals surface area (Å²) >= 11 is 3.40. The third-order valence-electron chi connectivity index (χ3n) is 2.88. The first-order valence-corrected chi connectivity index (χ1v) is 7.46. The van der Waals surface area contributed by atoms with E-state index in [4.69, 9.17) is 15.2 Å². The molecule has 2 aromatic rings. The summed E-state index contributed by atoms with van der Waals surface area (Å²) in [5.74, 6) is 0.711. The quantitative estimate of drug-likeness (QED) is 0.764. The van der Waals surface area contributed by atoms with Gasteiger partial charge in [-0.3, -0.25) is 0 Å². The van der Waals surface area contributed by atoms with Crippen LogP contribution in [0.2, 0.25) is 0 Å². The zero-order valence-electron chi connectivity index (χ0n) is 12.0. The van der Waals surface area contributed by atoms with Crippen molar-refractivity contribution in [1.29, 1.82) is 0 Å². The predicted molar refractivity (Wildman–Crippen MR) is 85.6 cm³/mol. The van der Waals surface area contributed by atoms with Crippen molar-refractivity contribution < 1.29 is 13.9 Å². The van der Waals surface area contributed by atoms with Gasteiger partial charge in [0.1, 0.15) is 5.75 Å². The van der Waals surface area contributed by atoms with Gasteiger partial charge in [0, 0.05) is 16.6 Å². The summed E-state index contributed by atoms with van der Waals surface area (Å²) in [5.41, 5.74) is 7.00. The minimum absolute atomic E-state index is 0.149. The second-order valence-corrected chi connectivity index (χ2v) is 5.60. The van der Waals surface area contributed by atoms with Crippen molar-refractivity contribution >= 4 is 21.6 Å². The van der Waals surface area contributed by atoms with Gasteiger partial charge in [-0.25, -0.2) is 4.39 Å². The molecule has 0 unspecified atom stereocenters. The molecule has 0 spiro atoms. The van der Waals surface area contributed by atoms with E-state index in [9.17, 15) is 4.39 Å². The molecule has 0 aromatic heterocycles. The highest BCUT2D eigenvalue weighted by Crippen LogP contribution is 2.35. The highest BCUT2D eigenvalue weighted by Gasteiger charge is 2.12. The van der Waals surface area contributed by atoms with Gasteiger partial charge in [-0.1, -0.05) is 22.9 Å². The Morgan fingerprint density at radius 3 is 2.57 bits per heavy atom. The third kappa shape index (κ3) is 3.88. The van der Waals surface area contributed by atoms with E-state index in [1.54, 1.807) is 0 Å². The summed E-state index contributed by atoms with van der Waals surface area (Å²) in [7, 11) is 0. The summed E-state index contributed by atoms with van der Waals surface area (Å²) < 4.78 is 25.9. The van der Waals surface area contributed by atoms with Gasteiger partial charge in [0.25, 0.3) is 0 Å². The van der Waals surface area contributed by atoms with Crippen LogP contribution < -0.4 is 15.2 Å². The average Bonchev–Trinajstić information content (AvgIpc) is 2.43. The highest BCUT2D eigenvalue weighted by molar-refractivity contribution is 9.10. The molecule has 0 amide bonds. The van der Waals surface area contributed by atoms with Crippen molar-refractivity contribution in [3.8, 4) is 17.2 Å². The number of ether oxygens (including phenoxy) is 2. The lowest BCUT2D eigenvalue weighted by molar-refractivity contribution is 0.299. The molecule has 2 rings (SSSR count). The van der Waals surface area contributed by atoms with E-state index in [1.165, 1.54) is 12.1 Å². The Morgan fingerprint density at radius 1 is 1.14 bits per heavy atom. The summed E-state index contributed by atoms with van der Waals surface area (Å²) in [6.07, 6.45) is 0.797. The topological polar surface area (TPSA) is 44.5 Å². The molecule has 21 heavy (non-hydrogen) atoms. The monoisotopic (exact) mass is 353 g/mol. The van der Waals surface area contributed by atoms with Crippen LogP contribution in [0.25, 0.3) is 0 Å². The lowest BCUT2D eigenvalue weighted by atomic mass is 10.2. The van der Waals surface area contributed by atoms with E-state index in [0.29, 0.717) is 18.1 Å². The fraction of sp³-hybridized carbons (Fsp3) is 0.250. The second kappa shape index (κ2) is 6.80. The Balaban J connectivity index is 2.30. The molecule has 0 aliphatic carbocycles. The van der Waals surface area contributed by atoms with Crippen LogP contribution in [0.3, 0.4) is 0 Å². The van der Waals surface area contributed by atoms with Crippen molar-refractivity contribution in [3.05, 3.63) is 46.2 Å². The van der Waals surface area contributed by atoms with E-state index in [1.807, 2.05) is 32.0 Å². The normalized spacial score (nSPS) is 10.5. The molecule has 3 nitrogen and oxygen atoms in total. The number of halogens is 2. The van der Waals surface area contributed by atoms with E-state index in [-0.39, 0.29) is 11.4 Å². The number of rotatable bonds is 5. The average molecular weight is 354 g/mol. The first-order valence-electron chi connectivity index (χ1n) is 6.67. The number of nitrogen functional groups attached to an aromatic ring is 1. The summed E-state index contributed by atoms with van der Waals surface area (Å²) in [5, 5.41) is 0. The van der Waals surface area contributed by atoms with E-state index < -0.39 is 5.82 Å². The number of aryl methyl sites for hydroxylation is 1. The standard InChI is InChI=1S/C16H17BrFNO2/c1-3-6-20-15-9-16(13(19)8-12(15)18)21-14-5-4-11(17)7-10(14)2/h4-5,7-9H,3,6,19H2,1-2H3. The van der Waals surface area contributed by atoms with Gasteiger partial charge >= 0.3 is 0 Å². The Labute approximate surface area is 132 Å². The molecule has 2 N–H and O–H groups in total. The minimum atomic E-state index is -0.485. The van der Waals surface area contributed by atoms with Crippen molar-refractivity contribution in [3.63, 3.8) is 0 Å². The lowest BCUT2D eigenvalue weighted by Crippen LogP contribution is -2.00. The van der Waals surface area contributed by atoms with Crippen LogP contribution in [0.5, 0.6) is 17.2 Å². The molecule has 112 valence electrons. The molecule has 0 bridgehead atoms. The molecule has 0 saturated carbocycles. The largest absolute Gasteiger partial charge is 0.490 e. The summed E-state index contributed by atoms with van der Waals surface area (Å²) in [4.78, 5) is 0. The molecule has 0 fully saturated rings. The van der Waals surface area contributed by atoms with Crippen molar-refractivity contribution in [2.45, 2.75) is 20.3 Å². The SMILES string of the molecule is CCCOc1cc(Oc2ccc(Br)cc2C)c(N)cc1F. The summed E-state index contributed by atoms with van der Waals surface area (Å²) in [6.45, 7) is 4.32. The fourth-order valence-electron chi connectivity index (χ4n) is 1.81. The van der Waals surface area contributed by atoms with Crippen LogP contribution in [0.4, 0.5) is 10.1 Å². The molecule has 0 heterocycles. The Bertz CT molecular complexity index is 646. The Hall–Kier alpha value is -1.75. The third-order valence-corrected chi connectivity index (χ3v) is 3.38. The smallest absolute Gasteiger partial charge is 0.167 e. The number of anilines is 1. The molecule has 2 aromatic carbocycles. The number of hydrogen-bond donors (Lipinski definition) is 1. The highest BCUT2D eigenvalue weighted by atomic mass is 79.9. The van der Waals surface area contributed by atoms with Crippen molar-refractivity contribution in [2.24, 2.45) is 0 Å². The van der Waals surface area contributed by atoms with Gasteiger partial charge in [0.15, 0.2) is 17.3 Å². The Kier molecular flexibility index (Phi) is 5.07. The lowest BCUT2D eigenvalue weighted by Gasteiger charge is -2.13. The van der Waals surface area contributed by atoms with Crippen LogP contribution in [0.15, 0.2) is 34.8 Å². The Morgan fingerprint density at radius 2 is 1.90 bits per heavy atom. The van der Waals surface area contributed by atoms with Gasteiger partial charge < -0.3 is 15.2 Å². The molecule has 0 saturated heterocycles. The molecular weight excluding hydrogens is 337 g/mol. The minimum Gasteiger partial charge on any atom is -0.490 e. The van der Waals surface area contributed by atoms with E-state index in [2.05, 4.69) is 15.9 Å². The number of nitrogens with two attached hydrogens (primary N) is 1. The van der Waals surface area contributed by atoms with E-state index in [0.717, 1.165) is 16.5 Å². The maximum atomic E-state index is 13.8.